The van der Waals surface area contributed by atoms with Crippen LogP contribution in [0.2, 0.25) is 10.0 Å². The highest BCUT2D eigenvalue weighted by Gasteiger charge is 2.42. The van der Waals surface area contributed by atoms with Crippen molar-refractivity contribution in [1.82, 2.24) is 14.3 Å². The number of amides is 2. The lowest BCUT2D eigenvalue weighted by Gasteiger charge is -2.20. The fraction of sp³-hybridized carbons (Fsp3) is 0.150. The van der Waals surface area contributed by atoms with Crippen LogP contribution < -0.4 is 5.56 Å². The van der Waals surface area contributed by atoms with Gasteiger partial charge in [-0.15, -0.1) is 0 Å². The van der Waals surface area contributed by atoms with Gasteiger partial charge < -0.3 is 4.74 Å². The fourth-order valence-corrected chi connectivity index (χ4v) is 3.48. The lowest BCUT2D eigenvalue weighted by atomic mass is 10.1. The zero-order valence-corrected chi connectivity index (χ0v) is 17.0. The summed E-state index contributed by atoms with van der Waals surface area (Å²) in [6, 6.07) is 7.70. The SMILES string of the molecule is CC(C(=O)OCc1cc(=O)n2ccccc2n1)N1C(=O)c2cc(Cl)c(Cl)cc2C1=O. The van der Waals surface area contributed by atoms with Crippen LogP contribution in [0.3, 0.4) is 0 Å². The number of aromatic nitrogens is 2. The monoisotopic (exact) mass is 445 g/mol. The van der Waals surface area contributed by atoms with E-state index < -0.39 is 23.8 Å². The molecule has 4 rings (SSSR count). The van der Waals surface area contributed by atoms with Crippen LogP contribution in [0.15, 0.2) is 47.4 Å². The Bertz CT molecular complexity index is 1250. The maximum Gasteiger partial charge on any atom is 0.329 e. The largest absolute Gasteiger partial charge is 0.458 e. The van der Waals surface area contributed by atoms with Crippen LogP contribution in [-0.2, 0) is 16.1 Å². The first-order valence-corrected chi connectivity index (χ1v) is 9.54. The Hall–Kier alpha value is -3.23. The topological polar surface area (TPSA) is 98.1 Å². The summed E-state index contributed by atoms with van der Waals surface area (Å²) in [5, 5.41) is 0.254. The molecule has 0 saturated heterocycles. The summed E-state index contributed by atoms with van der Waals surface area (Å²) >= 11 is 11.9. The number of hydrogen-bond donors (Lipinski definition) is 0. The van der Waals surface area contributed by atoms with Crippen molar-refractivity contribution in [2.45, 2.75) is 19.6 Å². The minimum Gasteiger partial charge on any atom is -0.458 e. The van der Waals surface area contributed by atoms with Crippen molar-refractivity contribution in [3.63, 3.8) is 0 Å². The third-order valence-electron chi connectivity index (χ3n) is 4.67. The standard InChI is InChI=1S/C20H13Cl2N3O5/c1-10(25-18(27)12-7-14(21)15(22)8-13(12)19(25)28)20(29)30-9-11-6-17(26)24-5-3-2-4-16(24)23-11/h2-8,10H,9H2,1H3. The zero-order valence-electron chi connectivity index (χ0n) is 15.5. The van der Waals surface area contributed by atoms with Crippen LogP contribution in [0.25, 0.3) is 5.65 Å². The van der Waals surface area contributed by atoms with Gasteiger partial charge in [-0.25, -0.2) is 9.78 Å². The molecule has 1 unspecified atom stereocenters. The molecule has 1 atom stereocenters. The van der Waals surface area contributed by atoms with E-state index in [-0.39, 0.29) is 39.0 Å². The van der Waals surface area contributed by atoms with Gasteiger partial charge in [0.1, 0.15) is 18.3 Å². The molecule has 30 heavy (non-hydrogen) atoms. The van der Waals surface area contributed by atoms with Crippen molar-refractivity contribution in [2.75, 3.05) is 0 Å². The number of nitrogens with zero attached hydrogens (tertiary/aromatic N) is 3. The third-order valence-corrected chi connectivity index (χ3v) is 5.40. The molecule has 2 aromatic heterocycles. The van der Waals surface area contributed by atoms with Crippen molar-refractivity contribution in [3.8, 4) is 0 Å². The first-order valence-electron chi connectivity index (χ1n) is 8.79. The predicted molar refractivity (Wildman–Crippen MR) is 108 cm³/mol. The van der Waals surface area contributed by atoms with Crippen molar-refractivity contribution in [1.29, 1.82) is 0 Å². The molecular weight excluding hydrogens is 433 g/mol. The first-order chi connectivity index (χ1) is 14.3. The van der Waals surface area contributed by atoms with Gasteiger partial charge in [0, 0.05) is 12.3 Å². The van der Waals surface area contributed by atoms with E-state index in [1.165, 1.54) is 29.5 Å². The predicted octanol–water partition coefficient (Wildman–Crippen LogP) is 2.73. The molecule has 2 amide bonds. The lowest BCUT2D eigenvalue weighted by molar-refractivity contribution is -0.149. The Morgan fingerprint density at radius 1 is 1.07 bits per heavy atom. The Kier molecular flexibility index (Phi) is 5.05. The number of carbonyl (C=O) groups excluding carboxylic acids is 3. The number of ether oxygens (including phenoxy) is 1. The van der Waals surface area contributed by atoms with Crippen molar-refractivity contribution in [3.05, 3.63) is 79.8 Å². The van der Waals surface area contributed by atoms with Crippen molar-refractivity contribution < 1.29 is 19.1 Å². The molecule has 1 aromatic carbocycles. The maximum absolute atomic E-state index is 12.6. The zero-order chi connectivity index (χ0) is 21.6. The summed E-state index contributed by atoms with van der Waals surface area (Å²) in [6.07, 6.45) is 1.57. The molecule has 3 heterocycles. The molecule has 0 bridgehead atoms. The van der Waals surface area contributed by atoms with E-state index in [1.807, 2.05) is 0 Å². The minimum absolute atomic E-state index is 0.0678. The summed E-state index contributed by atoms with van der Waals surface area (Å²) in [7, 11) is 0. The maximum atomic E-state index is 12.6. The van der Waals surface area contributed by atoms with Gasteiger partial charge in [-0.05, 0) is 31.2 Å². The van der Waals surface area contributed by atoms with E-state index >= 15 is 0 Å². The molecule has 10 heteroatoms. The fourth-order valence-electron chi connectivity index (χ4n) is 3.15. The Morgan fingerprint density at radius 2 is 1.70 bits per heavy atom. The summed E-state index contributed by atoms with van der Waals surface area (Å²) in [5.41, 5.74) is 0.455. The van der Waals surface area contributed by atoms with Gasteiger partial charge in [0.25, 0.3) is 17.4 Å². The van der Waals surface area contributed by atoms with Crippen LogP contribution >= 0.6 is 23.2 Å². The average molecular weight is 446 g/mol. The molecule has 1 aliphatic rings. The first kappa shape index (κ1) is 20.1. The number of carbonyl (C=O) groups is 3. The van der Waals surface area contributed by atoms with Crippen LogP contribution in [0, 0.1) is 0 Å². The minimum atomic E-state index is -1.20. The van der Waals surface area contributed by atoms with Crippen molar-refractivity contribution in [2.24, 2.45) is 0 Å². The Balaban J connectivity index is 1.51. The number of fused-ring (bicyclic) bond motifs is 2. The second-order valence-electron chi connectivity index (χ2n) is 6.59. The summed E-state index contributed by atoms with van der Waals surface area (Å²) in [5.74, 6) is -2.16. The van der Waals surface area contributed by atoms with Crippen LogP contribution in [0.5, 0.6) is 0 Å². The number of halogens is 2. The Labute approximate surface area is 179 Å². The van der Waals surface area contributed by atoms with Crippen molar-refractivity contribution >= 4 is 46.6 Å². The van der Waals surface area contributed by atoms with Crippen LogP contribution in [-0.4, -0.2) is 38.1 Å². The molecule has 0 saturated carbocycles. The van der Waals surface area contributed by atoms with E-state index in [4.69, 9.17) is 27.9 Å². The van der Waals surface area contributed by atoms with E-state index in [1.54, 1.807) is 24.4 Å². The molecule has 152 valence electrons. The summed E-state index contributed by atoms with van der Waals surface area (Å²) < 4.78 is 6.55. The van der Waals surface area contributed by atoms with E-state index in [0.29, 0.717) is 5.65 Å². The molecule has 0 spiro atoms. The second-order valence-corrected chi connectivity index (χ2v) is 7.40. The van der Waals surface area contributed by atoms with Gasteiger partial charge in [0.15, 0.2) is 0 Å². The number of hydrogen-bond acceptors (Lipinski definition) is 6. The van der Waals surface area contributed by atoms with Gasteiger partial charge >= 0.3 is 5.97 Å². The number of esters is 1. The normalized spacial score (nSPS) is 14.2. The van der Waals surface area contributed by atoms with E-state index in [2.05, 4.69) is 4.98 Å². The van der Waals surface area contributed by atoms with Gasteiger partial charge in [-0.2, -0.15) is 0 Å². The molecule has 0 radical (unpaired) electrons. The quantitative estimate of drug-likeness (QED) is 0.452. The van der Waals surface area contributed by atoms with E-state index in [0.717, 1.165) is 4.90 Å². The highest BCUT2D eigenvalue weighted by Crippen LogP contribution is 2.32. The number of benzene rings is 1. The van der Waals surface area contributed by atoms with Gasteiger partial charge in [-0.3, -0.25) is 23.7 Å². The smallest absolute Gasteiger partial charge is 0.329 e. The molecule has 0 fully saturated rings. The molecule has 1 aliphatic heterocycles. The third kappa shape index (κ3) is 3.34. The molecule has 0 aliphatic carbocycles. The number of rotatable bonds is 4. The van der Waals surface area contributed by atoms with Gasteiger partial charge in [0.2, 0.25) is 0 Å². The van der Waals surface area contributed by atoms with Gasteiger partial charge in [0.05, 0.1) is 26.9 Å². The molecule has 8 nitrogen and oxygen atoms in total. The van der Waals surface area contributed by atoms with Crippen LogP contribution in [0.1, 0.15) is 33.3 Å². The molecular formula is C20H13Cl2N3O5. The number of imide groups is 1. The lowest BCUT2D eigenvalue weighted by Crippen LogP contribution is -2.43. The van der Waals surface area contributed by atoms with Crippen LogP contribution in [0.4, 0.5) is 0 Å². The summed E-state index contributed by atoms with van der Waals surface area (Å²) in [4.78, 5) is 54.9. The molecule has 3 aromatic rings. The van der Waals surface area contributed by atoms with E-state index in [9.17, 15) is 19.2 Å². The highest BCUT2D eigenvalue weighted by atomic mass is 35.5. The Morgan fingerprint density at radius 3 is 2.33 bits per heavy atom. The second kappa shape index (κ2) is 7.55. The average Bonchev–Trinajstić information content (AvgIpc) is 2.96. The summed E-state index contributed by atoms with van der Waals surface area (Å²) in [6.45, 7) is 1.08. The highest BCUT2D eigenvalue weighted by molar-refractivity contribution is 6.43. The number of pyridine rings is 1. The van der Waals surface area contributed by atoms with Gasteiger partial charge in [-0.1, -0.05) is 29.3 Å². The molecule has 0 N–H and O–H groups in total.